The quantitative estimate of drug-likeness (QED) is 0.780. The van der Waals surface area contributed by atoms with Crippen molar-refractivity contribution in [1.29, 1.82) is 0 Å². The Kier molecular flexibility index (Phi) is 3.84. The summed E-state index contributed by atoms with van der Waals surface area (Å²) in [5.74, 6) is 0. The van der Waals surface area contributed by atoms with Gasteiger partial charge in [-0.25, -0.2) is 0 Å². The number of pyridine rings is 1. The average molecular weight is 277 g/mol. The number of rotatable bonds is 4. The maximum atomic E-state index is 4.34. The van der Waals surface area contributed by atoms with Gasteiger partial charge >= 0.3 is 0 Å². The second kappa shape index (κ2) is 5.94. The van der Waals surface area contributed by atoms with Gasteiger partial charge in [0, 0.05) is 29.5 Å². The normalized spacial score (nSPS) is 11.0. The lowest BCUT2D eigenvalue weighted by atomic mass is 10.1. The van der Waals surface area contributed by atoms with Gasteiger partial charge in [-0.3, -0.25) is 4.98 Å². The van der Waals surface area contributed by atoms with Crippen molar-refractivity contribution in [3.8, 4) is 0 Å². The Morgan fingerprint density at radius 2 is 1.81 bits per heavy atom. The Balaban J connectivity index is 1.84. The predicted molar refractivity (Wildman–Crippen MR) is 88.9 cm³/mol. The number of aromatic nitrogens is 1. The number of hydrogen-bond acceptors (Lipinski definition) is 3. The number of benzene rings is 2. The fraction of sp³-hybridized carbons (Fsp3) is 0.167. The van der Waals surface area contributed by atoms with Crippen molar-refractivity contribution >= 4 is 22.3 Å². The molecule has 0 aliphatic rings. The molecule has 0 radical (unpaired) electrons. The smallest absolute Gasteiger partial charge is 0.0703 e. The summed E-state index contributed by atoms with van der Waals surface area (Å²) < 4.78 is 0. The lowest BCUT2D eigenvalue weighted by Crippen LogP contribution is -2.10. The molecule has 3 rings (SSSR count). The van der Waals surface area contributed by atoms with Crippen molar-refractivity contribution in [1.82, 2.24) is 9.88 Å². The summed E-state index contributed by atoms with van der Waals surface area (Å²) in [6, 6.07) is 18.8. The summed E-state index contributed by atoms with van der Waals surface area (Å²) in [5.41, 5.74) is 4.51. The van der Waals surface area contributed by atoms with Crippen LogP contribution in [0.3, 0.4) is 0 Å². The van der Waals surface area contributed by atoms with E-state index in [1.165, 1.54) is 5.56 Å². The highest BCUT2D eigenvalue weighted by atomic mass is 15.0. The minimum absolute atomic E-state index is 0.942. The lowest BCUT2D eigenvalue weighted by Gasteiger charge is -2.12. The third kappa shape index (κ3) is 3.38. The van der Waals surface area contributed by atoms with Crippen LogP contribution in [0.15, 0.2) is 60.8 Å². The van der Waals surface area contributed by atoms with Crippen LogP contribution in [-0.2, 0) is 6.54 Å². The van der Waals surface area contributed by atoms with Gasteiger partial charge in [-0.05, 0) is 56.1 Å². The molecule has 106 valence electrons. The highest BCUT2D eigenvalue weighted by Gasteiger charge is 2.00. The van der Waals surface area contributed by atoms with Crippen LogP contribution in [0.1, 0.15) is 5.56 Å². The molecule has 2 aromatic carbocycles. The Bertz CT molecular complexity index is 750. The molecule has 0 bridgehead atoms. The van der Waals surface area contributed by atoms with Gasteiger partial charge in [0.1, 0.15) is 0 Å². The minimum Gasteiger partial charge on any atom is -0.355 e. The van der Waals surface area contributed by atoms with Crippen LogP contribution < -0.4 is 5.32 Å². The fourth-order valence-electron chi connectivity index (χ4n) is 2.43. The molecular weight excluding hydrogens is 258 g/mol. The molecule has 0 spiro atoms. The van der Waals surface area contributed by atoms with Gasteiger partial charge in [-0.15, -0.1) is 0 Å². The topological polar surface area (TPSA) is 28.2 Å². The van der Waals surface area contributed by atoms with Gasteiger partial charge in [0.05, 0.1) is 5.52 Å². The molecule has 1 N–H and O–H groups in total. The van der Waals surface area contributed by atoms with Gasteiger partial charge < -0.3 is 10.2 Å². The van der Waals surface area contributed by atoms with E-state index in [0.29, 0.717) is 0 Å². The molecule has 0 saturated carbocycles. The first kappa shape index (κ1) is 13.6. The number of fused-ring (bicyclic) bond motifs is 1. The van der Waals surface area contributed by atoms with Crippen molar-refractivity contribution in [2.24, 2.45) is 0 Å². The molecule has 3 aromatic rings. The Morgan fingerprint density at radius 1 is 0.952 bits per heavy atom. The summed E-state index contributed by atoms with van der Waals surface area (Å²) in [6.45, 7) is 0.942. The van der Waals surface area contributed by atoms with Crippen molar-refractivity contribution < 1.29 is 0 Å². The van der Waals surface area contributed by atoms with Gasteiger partial charge in [-0.1, -0.05) is 18.2 Å². The summed E-state index contributed by atoms with van der Waals surface area (Å²) in [7, 11) is 4.16. The third-order valence-corrected chi connectivity index (χ3v) is 3.32. The lowest BCUT2D eigenvalue weighted by molar-refractivity contribution is 0.402. The van der Waals surface area contributed by atoms with E-state index in [1.807, 2.05) is 18.3 Å². The van der Waals surface area contributed by atoms with E-state index in [0.717, 1.165) is 28.8 Å². The molecule has 1 aromatic heterocycles. The van der Waals surface area contributed by atoms with E-state index >= 15 is 0 Å². The first-order chi connectivity index (χ1) is 10.2. The molecule has 3 nitrogen and oxygen atoms in total. The monoisotopic (exact) mass is 277 g/mol. The summed E-state index contributed by atoms with van der Waals surface area (Å²) >= 11 is 0. The SMILES string of the molecule is CN(C)Cc1cccc(Nc2ccc3ncccc3c2)c1. The van der Waals surface area contributed by atoms with Gasteiger partial charge in [0.15, 0.2) is 0 Å². The molecule has 0 fully saturated rings. The second-order valence-electron chi connectivity index (χ2n) is 5.47. The van der Waals surface area contributed by atoms with Crippen LogP contribution >= 0.6 is 0 Å². The van der Waals surface area contributed by atoms with E-state index in [9.17, 15) is 0 Å². The van der Waals surface area contributed by atoms with E-state index in [-0.39, 0.29) is 0 Å². The summed E-state index contributed by atoms with van der Waals surface area (Å²) in [4.78, 5) is 6.51. The number of nitrogens with zero attached hydrogens (tertiary/aromatic N) is 2. The highest BCUT2D eigenvalue weighted by molar-refractivity contribution is 5.83. The van der Waals surface area contributed by atoms with E-state index in [4.69, 9.17) is 0 Å². The fourth-order valence-corrected chi connectivity index (χ4v) is 2.43. The van der Waals surface area contributed by atoms with Crippen LogP contribution in [0.5, 0.6) is 0 Å². The van der Waals surface area contributed by atoms with Gasteiger partial charge in [0.25, 0.3) is 0 Å². The van der Waals surface area contributed by atoms with Gasteiger partial charge in [0.2, 0.25) is 0 Å². The molecule has 0 aliphatic carbocycles. The van der Waals surface area contributed by atoms with E-state index in [2.05, 4.69) is 71.8 Å². The molecule has 0 amide bonds. The maximum absolute atomic E-state index is 4.34. The van der Waals surface area contributed by atoms with Crippen LogP contribution in [-0.4, -0.2) is 24.0 Å². The Labute approximate surface area is 125 Å². The molecular formula is C18H19N3. The highest BCUT2D eigenvalue weighted by Crippen LogP contribution is 2.22. The molecule has 0 atom stereocenters. The zero-order chi connectivity index (χ0) is 14.7. The molecule has 0 unspecified atom stereocenters. The summed E-state index contributed by atoms with van der Waals surface area (Å²) in [5, 5.41) is 4.61. The first-order valence-corrected chi connectivity index (χ1v) is 7.06. The van der Waals surface area contributed by atoms with Crippen LogP contribution in [0.2, 0.25) is 0 Å². The largest absolute Gasteiger partial charge is 0.355 e. The molecule has 21 heavy (non-hydrogen) atoms. The van der Waals surface area contributed by atoms with Crippen LogP contribution in [0.4, 0.5) is 11.4 Å². The molecule has 0 saturated heterocycles. The van der Waals surface area contributed by atoms with Gasteiger partial charge in [-0.2, -0.15) is 0 Å². The minimum atomic E-state index is 0.942. The standard InChI is InChI=1S/C18H19N3/c1-21(2)13-14-5-3-7-16(11-14)20-17-8-9-18-15(12-17)6-4-10-19-18/h3-12,20H,13H2,1-2H3. The Hall–Kier alpha value is -2.39. The first-order valence-electron chi connectivity index (χ1n) is 7.06. The van der Waals surface area contributed by atoms with E-state index < -0.39 is 0 Å². The third-order valence-electron chi connectivity index (χ3n) is 3.32. The zero-order valence-corrected chi connectivity index (χ0v) is 12.4. The maximum Gasteiger partial charge on any atom is 0.0703 e. The molecule has 3 heteroatoms. The van der Waals surface area contributed by atoms with Crippen molar-refractivity contribution in [3.63, 3.8) is 0 Å². The average Bonchev–Trinajstić information content (AvgIpc) is 2.47. The Morgan fingerprint density at radius 3 is 2.67 bits per heavy atom. The number of hydrogen-bond donors (Lipinski definition) is 1. The van der Waals surface area contributed by atoms with Crippen LogP contribution in [0.25, 0.3) is 10.9 Å². The predicted octanol–water partition coefficient (Wildman–Crippen LogP) is 4.04. The molecule has 1 heterocycles. The second-order valence-corrected chi connectivity index (χ2v) is 5.47. The van der Waals surface area contributed by atoms with Crippen molar-refractivity contribution in [3.05, 3.63) is 66.4 Å². The zero-order valence-electron chi connectivity index (χ0n) is 12.4. The number of nitrogens with one attached hydrogen (secondary N) is 1. The van der Waals surface area contributed by atoms with Crippen LogP contribution in [0, 0.1) is 0 Å². The summed E-state index contributed by atoms with van der Waals surface area (Å²) in [6.07, 6.45) is 1.82. The van der Waals surface area contributed by atoms with Crippen molar-refractivity contribution in [2.45, 2.75) is 6.54 Å². The van der Waals surface area contributed by atoms with Crippen molar-refractivity contribution in [2.75, 3.05) is 19.4 Å². The molecule has 0 aliphatic heterocycles. The number of anilines is 2. The van der Waals surface area contributed by atoms with E-state index in [1.54, 1.807) is 0 Å².